The van der Waals surface area contributed by atoms with Crippen LogP contribution >= 0.6 is 0 Å². The van der Waals surface area contributed by atoms with Crippen molar-refractivity contribution in [2.75, 3.05) is 0 Å². The van der Waals surface area contributed by atoms with Crippen LogP contribution in [0.3, 0.4) is 0 Å². The molecule has 0 fully saturated rings. The van der Waals surface area contributed by atoms with Crippen LogP contribution in [0.1, 0.15) is 21.5 Å². The van der Waals surface area contributed by atoms with Crippen LogP contribution in [-0.4, -0.2) is 21.0 Å². The minimum absolute atomic E-state index is 0.0133. The fourth-order valence-corrected chi connectivity index (χ4v) is 2.84. The Labute approximate surface area is 135 Å². The number of phenolic OH excluding ortho intramolecular Hbond substituents is 2. The van der Waals surface area contributed by atoms with Crippen molar-refractivity contribution in [3.63, 3.8) is 0 Å². The number of ketones is 1. The van der Waals surface area contributed by atoms with Crippen LogP contribution in [0.2, 0.25) is 0 Å². The minimum Gasteiger partial charge on any atom is -0.508 e. The topological polar surface area (TPSA) is 106 Å². The molecule has 1 aliphatic rings. The molecule has 0 radical (unpaired) electrons. The van der Waals surface area contributed by atoms with E-state index in [9.17, 15) is 20.3 Å². The summed E-state index contributed by atoms with van der Waals surface area (Å²) < 4.78 is 5.47. The molecule has 0 atom stereocenters. The Hall–Kier alpha value is -3.72. The van der Waals surface area contributed by atoms with Crippen LogP contribution in [-0.2, 0) is 0 Å². The molecule has 0 bridgehead atoms. The highest BCUT2D eigenvalue weighted by Gasteiger charge is 2.31. The van der Waals surface area contributed by atoms with E-state index in [1.165, 1.54) is 12.1 Å². The van der Waals surface area contributed by atoms with Crippen LogP contribution in [0.5, 0.6) is 17.2 Å². The number of carbonyl (C=O) groups excluding carboxylic acids is 1. The lowest BCUT2D eigenvalue weighted by atomic mass is 10.0. The van der Waals surface area contributed by atoms with Crippen LogP contribution in [0.15, 0.2) is 42.3 Å². The number of phenols is 2. The number of fused-ring (bicyclic) bond motifs is 2. The molecule has 0 aliphatic carbocycles. The molecule has 4 rings (SSSR count). The standard InChI is InChI=1S/C18H10N2O4/c19-7-9-2-1-3-12-16(9)10(8-20-12)4-15-18(23)17-13(22)5-11(21)6-14(17)24-15/h1-6,8,20-22H. The fourth-order valence-electron chi connectivity index (χ4n) is 2.84. The maximum Gasteiger partial charge on any atom is 0.235 e. The van der Waals surface area contributed by atoms with Gasteiger partial charge in [-0.05, 0) is 18.2 Å². The van der Waals surface area contributed by atoms with E-state index in [0.29, 0.717) is 16.5 Å². The SMILES string of the molecule is N#Cc1cccc2[nH]cc(C=C3Oc4cc(O)cc(O)c4C3=O)c12. The van der Waals surface area contributed by atoms with Crippen molar-refractivity contribution >= 4 is 22.8 Å². The number of aromatic hydroxyl groups is 2. The van der Waals surface area contributed by atoms with Gasteiger partial charge in [0.15, 0.2) is 5.76 Å². The molecule has 24 heavy (non-hydrogen) atoms. The Bertz CT molecular complexity index is 1090. The Morgan fingerprint density at radius 3 is 2.88 bits per heavy atom. The first-order valence-corrected chi connectivity index (χ1v) is 7.09. The van der Waals surface area contributed by atoms with Gasteiger partial charge in [0.2, 0.25) is 5.78 Å². The van der Waals surface area contributed by atoms with Crippen molar-refractivity contribution in [2.24, 2.45) is 0 Å². The third-order valence-electron chi connectivity index (χ3n) is 3.88. The molecule has 0 saturated heterocycles. The normalized spacial score (nSPS) is 14.6. The zero-order valence-electron chi connectivity index (χ0n) is 12.2. The van der Waals surface area contributed by atoms with Crippen molar-refractivity contribution in [1.29, 1.82) is 5.26 Å². The average molecular weight is 318 g/mol. The molecule has 1 aliphatic heterocycles. The lowest BCUT2D eigenvalue weighted by Gasteiger charge is -2.00. The highest BCUT2D eigenvalue weighted by Crippen LogP contribution is 2.41. The summed E-state index contributed by atoms with van der Waals surface area (Å²) in [6, 6.07) is 9.75. The van der Waals surface area contributed by atoms with Gasteiger partial charge in [-0.2, -0.15) is 5.26 Å². The summed E-state index contributed by atoms with van der Waals surface area (Å²) in [5.41, 5.74) is 1.88. The number of nitriles is 1. The number of aromatic nitrogens is 1. The summed E-state index contributed by atoms with van der Waals surface area (Å²) in [7, 11) is 0. The molecule has 116 valence electrons. The number of nitrogens with one attached hydrogen (secondary N) is 1. The van der Waals surface area contributed by atoms with E-state index in [2.05, 4.69) is 11.1 Å². The lowest BCUT2D eigenvalue weighted by molar-refractivity contribution is 0.101. The molecule has 0 amide bonds. The number of hydrogen-bond donors (Lipinski definition) is 3. The molecule has 3 N–H and O–H groups in total. The predicted octanol–water partition coefficient (Wildman–Crippen LogP) is 3.07. The van der Waals surface area contributed by atoms with E-state index in [1.54, 1.807) is 18.3 Å². The second kappa shape index (κ2) is 4.89. The molecule has 0 spiro atoms. The van der Waals surface area contributed by atoms with Crippen molar-refractivity contribution in [1.82, 2.24) is 4.98 Å². The average Bonchev–Trinajstić information content (AvgIpc) is 3.09. The number of rotatable bonds is 1. The van der Waals surface area contributed by atoms with E-state index >= 15 is 0 Å². The number of benzene rings is 2. The monoisotopic (exact) mass is 318 g/mol. The first kappa shape index (κ1) is 13.9. The molecule has 2 heterocycles. The Kier molecular flexibility index (Phi) is 2.84. The largest absolute Gasteiger partial charge is 0.508 e. The third kappa shape index (κ3) is 1.92. The van der Waals surface area contributed by atoms with E-state index < -0.39 is 5.78 Å². The quantitative estimate of drug-likeness (QED) is 0.598. The number of aromatic amines is 1. The van der Waals surface area contributed by atoms with E-state index in [4.69, 9.17) is 4.74 Å². The van der Waals surface area contributed by atoms with Crippen LogP contribution in [0, 0.1) is 11.3 Å². The number of Topliss-reactive ketones (excluding diaryl/α,β-unsaturated/α-hetero) is 1. The Morgan fingerprint density at radius 1 is 1.25 bits per heavy atom. The Morgan fingerprint density at radius 2 is 2.08 bits per heavy atom. The van der Waals surface area contributed by atoms with Crippen molar-refractivity contribution < 1.29 is 19.7 Å². The third-order valence-corrected chi connectivity index (χ3v) is 3.88. The molecule has 6 nitrogen and oxygen atoms in total. The molecule has 0 saturated carbocycles. The summed E-state index contributed by atoms with van der Waals surface area (Å²) in [6.07, 6.45) is 3.19. The summed E-state index contributed by atoms with van der Waals surface area (Å²) in [4.78, 5) is 15.5. The van der Waals surface area contributed by atoms with Gasteiger partial charge in [0.25, 0.3) is 0 Å². The molecule has 0 unspecified atom stereocenters. The van der Waals surface area contributed by atoms with Gasteiger partial charge in [-0.3, -0.25) is 4.79 Å². The van der Waals surface area contributed by atoms with Crippen LogP contribution < -0.4 is 4.74 Å². The van der Waals surface area contributed by atoms with Gasteiger partial charge >= 0.3 is 0 Å². The second-order valence-corrected chi connectivity index (χ2v) is 5.36. The zero-order valence-corrected chi connectivity index (χ0v) is 12.2. The predicted molar refractivity (Wildman–Crippen MR) is 85.7 cm³/mol. The van der Waals surface area contributed by atoms with Gasteiger partial charge in [0, 0.05) is 34.8 Å². The second-order valence-electron chi connectivity index (χ2n) is 5.36. The van der Waals surface area contributed by atoms with E-state index in [0.717, 1.165) is 11.6 Å². The van der Waals surface area contributed by atoms with Gasteiger partial charge in [-0.1, -0.05) is 6.07 Å². The number of H-pyrrole nitrogens is 1. The number of nitrogens with zero attached hydrogens (tertiary/aromatic N) is 1. The lowest BCUT2D eigenvalue weighted by Crippen LogP contribution is -1.98. The highest BCUT2D eigenvalue weighted by atomic mass is 16.5. The molecule has 2 aromatic carbocycles. The molecule has 6 heteroatoms. The van der Waals surface area contributed by atoms with Crippen molar-refractivity contribution in [2.45, 2.75) is 0 Å². The van der Waals surface area contributed by atoms with Crippen LogP contribution in [0.4, 0.5) is 0 Å². The molecule has 1 aromatic heterocycles. The number of hydrogen-bond acceptors (Lipinski definition) is 5. The van der Waals surface area contributed by atoms with Gasteiger partial charge in [-0.25, -0.2) is 0 Å². The van der Waals surface area contributed by atoms with Gasteiger partial charge < -0.3 is 19.9 Å². The van der Waals surface area contributed by atoms with Gasteiger partial charge in [0.05, 0.1) is 11.6 Å². The molecule has 3 aromatic rings. The van der Waals surface area contributed by atoms with Crippen LogP contribution in [0.25, 0.3) is 17.0 Å². The van der Waals surface area contributed by atoms with E-state index in [1.807, 2.05) is 6.07 Å². The maximum absolute atomic E-state index is 12.4. The van der Waals surface area contributed by atoms with Gasteiger partial charge in [0.1, 0.15) is 22.8 Å². The summed E-state index contributed by atoms with van der Waals surface area (Å²) in [6.45, 7) is 0. The summed E-state index contributed by atoms with van der Waals surface area (Å²) in [5.74, 6) is -0.899. The number of carbonyl (C=O) groups is 1. The fraction of sp³-hybridized carbons (Fsp3) is 0. The first-order valence-electron chi connectivity index (χ1n) is 7.09. The zero-order chi connectivity index (χ0) is 16.8. The highest BCUT2D eigenvalue weighted by molar-refractivity contribution is 6.16. The summed E-state index contributed by atoms with van der Waals surface area (Å²) >= 11 is 0. The maximum atomic E-state index is 12.4. The minimum atomic E-state index is -0.480. The summed E-state index contributed by atoms with van der Waals surface area (Å²) in [5, 5.41) is 29.3. The first-order chi connectivity index (χ1) is 11.6. The smallest absolute Gasteiger partial charge is 0.235 e. The number of ether oxygens (including phenoxy) is 1. The molecular formula is C18H10N2O4. The Balaban J connectivity index is 1.86. The number of allylic oxidation sites excluding steroid dienone is 1. The van der Waals surface area contributed by atoms with Gasteiger partial charge in [-0.15, -0.1) is 0 Å². The van der Waals surface area contributed by atoms with Crippen molar-refractivity contribution in [3.05, 3.63) is 59.0 Å². The van der Waals surface area contributed by atoms with E-state index in [-0.39, 0.29) is 28.6 Å². The van der Waals surface area contributed by atoms with Crippen molar-refractivity contribution in [3.8, 4) is 23.3 Å². The molecular weight excluding hydrogens is 308 g/mol.